The fraction of sp³-hybridized carbons (Fsp3) is 0.460. The Balaban J connectivity index is 0.920. The predicted octanol–water partition coefficient (Wildman–Crippen LogP) is 9.72. The number of hydrogen-bond donors (Lipinski definition) is 1. The number of rotatable bonds is 19. The molecule has 2 saturated carbocycles. The van der Waals surface area contributed by atoms with Gasteiger partial charge in [0.2, 0.25) is 5.91 Å². The lowest BCUT2D eigenvalue weighted by Gasteiger charge is -2.39. The van der Waals surface area contributed by atoms with Gasteiger partial charge in [0.1, 0.15) is 30.5 Å². The smallest absolute Gasteiger partial charge is 0.407 e. The number of aryl methyl sites for hydroxylation is 4. The molecule has 0 bridgehead atoms. The van der Waals surface area contributed by atoms with Crippen molar-refractivity contribution < 1.29 is 43.2 Å². The zero-order valence-corrected chi connectivity index (χ0v) is 37.5. The van der Waals surface area contributed by atoms with E-state index in [-0.39, 0.29) is 55.4 Å². The maximum Gasteiger partial charge on any atom is 0.407 e. The normalized spacial score (nSPS) is 20.2. The van der Waals surface area contributed by atoms with E-state index in [1.54, 1.807) is 19.2 Å². The third-order valence-corrected chi connectivity index (χ3v) is 13.3. The van der Waals surface area contributed by atoms with E-state index in [2.05, 4.69) is 12.1 Å². The molecule has 4 atom stereocenters. The van der Waals surface area contributed by atoms with Gasteiger partial charge in [0.05, 0.1) is 28.5 Å². The van der Waals surface area contributed by atoms with Gasteiger partial charge in [0, 0.05) is 45.3 Å². The maximum atomic E-state index is 14.8. The molecule has 63 heavy (non-hydrogen) atoms. The molecule has 8 rings (SSSR count). The molecule has 334 valence electrons. The number of carbonyl (C=O) groups is 3. The number of likely N-dealkylation sites (tertiary alicyclic amines) is 1. The van der Waals surface area contributed by atoms with Crippen molar-refractivity contribution in [2.24, 2.45) is 17.8 Å². The first-order chi connectivity index (χ1) is 30.5. The van der Waals surface area contributed by atoms with Crippen LogP contribution in [0.5, 0.6) is 23.0 Å². The summed E-state index contributed by atoms with van der Waals surface area (Å²) >= 11 is 12.7. The van der Waals surface area contributed by atoms with Gasteiger partial charge < -0.3 is 38.6 Å². The number of carbonyl (C=O) groups excluding carboxylic acids is 2. The lowest BCUT2D eigenvalue weighted by atomic mass is 9.79. The van der Waals surface area contributed by atoms with Crippen molar-refractivity contribution in [3.63, 3.8) is 0 Å². The second-order valence-electron chi connectivity index (χ2n) is 17.5. The van der Waals surface area contributed by atoms with E-state index in [0.29, 0.717) is 72.2 Å². The van der Waals surface area contributed by atoms with Gasteiger partial charge in [-0.05, 0) is 153 Å². The Hall–Kier alpha value is -4.97. The number of amides is 2. The Bertz CT molecular complexity index is 2260. The van der Waals surface area contributed by atoms with Crippen LogP contribution in [0.2, 0.25) is 10.0 Å². The van der Waals surface area contributed by atoms with E-state index >= 15 is 0 Å². The van der Waals surface area contributed by atoms with Crippen molar-refractivity contribution in [2.45, 2.75) is 83.2 Å². The molecule has 1 heterocycles. The van der Waals surface area contributed by atoms with Gasteiger partial charge in [0.25, 0.3) is 0 Å². The first-order valence-electron chi connectivity index (χ1n) is 22.2. The molecular formula is C50H56Cl2N2O9. The third-order valence-electron chi connectivity index (χ3n) is 12.7. The van der Waals surface area contributed by atoms with Crippen LogP contribution in [0.1, 0.15) is 77.8 Å². The van der Waals surface area contributed by atoms with Crippen LogP contribution < -0.4 is 18.9 Å². The van der Waals surface area contributed by atoms with Crippen LogP contribution in [0, 0.1) is 24.7 Å². The van der Waals surface area contributed by atoms with Crippen molar-refractivity contribution in [1.82, 2.24) is 9.80 Å². The summed E-state index contributed by atoms with van der Waals surface area (Å²) in [6.07, 6.45) is 6.84. The predicted molar refractivity (Wildman–Crippen MR) is 240 cm³/mol. The van der Waals surface area contributed by atoms with E-state index < -0.39 is 12.0 Å². The van der Waals surface area contributed by atoms with Crippen molar-refractivity contribution in [2.75, 3.05) is 46.6 Å². The molecule has 2 amide bonds. The number of esters is 1. The van der Waals surface area contributed by atoms with Crippen LogP contribution in [0.25, 0.3) is 0 Å². The minimum Gasteiger partial charge on any atom is -0.493 e. The van der Waals surface area contributed by atoms with Gasteiger partial charge in [-0.25, -0.2) is 4.79 Å². The summed E-state index contributed by atoms with van der Waals surface area (Å²) in [6, 6.07) is 23.5. The lowest BCUT2D eigenvalue weighted by molar-refractivity contribution is -0.139. The highest BCUT2D eigenvalue weighted by molar-refractivity contribution is 6.37. The van der Waals surface area contributed by atoms with Gasteiger partial charge >= 0.3 is 12.1 Å². The molecule has 11 nitrogen and oxygen atoms in total. The number of carboxylic acid groups (broad SMARTS) is 1. The Morgan fingerprint density at radius 2 is 1.52 bits per heavy atom. The van der Waals surface area contributed by atoms with E-state index in [1.165, 1.54) is 16.0 Å². The number of ether oxygens (including phenoxy) is 5. The maximum absolute atomic E-state index is 14.8. The van der Waals surface area contributed by atoms with Gasteiger partial charge in [0.15, 0.2) is 5.75 Å². The summed E-state index contributed by atoms with van der Waals surface area (Å²) in [6.45, 7) is 4.25. The lowest BCUT2D eigenvalue weighted by Crippen LogP contribution is -2.49. The molecule has 0 unspecified atom stereocenters. The summed E-state index contributed by atoms with van der Waals surface area (Å²) in [5, 5.41) is 10.9. The molecule has 4 aliphatic rings. The molecule has 0 spiro atoms. The van der Waals surface area contributed by atoms with Crippen LogP contribution in [0.4, 0.5) is 4.79 Å². The zero-order chi connectivity index (χ0) is 44.0. The highest BCUT2D eigenvalue weighted by atomic mass is 35.5. The molecule has 3 fully saturated rings. The highest BCUT2D eigenvalue weighted by Gasteiger charge is 2.45. The van der Waals surface area contributed by atoms with Gasteiger partial charge in [-0.3, -0.25) is 9.59 Å². The van der Waals surface area contributed by atoms with E-state index in [9.17, 15) is 19.5 Å². The second kappa shape index (κ2) is 20.2. The number of halogens is 2. The average molecular weight is 900 g/mol. The highest BCUT2D eigenvalue weighted by Crippen LogP contribution is 2.42. The largest absolute Gasteiger partial charge is 0.493 e. The summed E-state index contributed by atoms with van der Waals surface area (Å²) < 4.78 is 29.3. The van der Waals surface area contributed by atoms with Gasteiger partial charge in [-0.15, -0.1) is 0 Å². The average Bonchev–Trinajstić information content (AvgIpc) is 4.21. The molecule has 1 saturated heterocycles. The van der Waals surface area contributed by atoms with E-state index in [4.69, 9.17) is 46.9 Å². The topological polar surface area (TPSA) is 124 Å². The fourth-order valence-corrected chi connectivity index (χ4v) is 9.80. The molecule has 4 aromatic rings. The fourth-order valence-electron chi connectivity index (χ4n) is 9.09. The van der Waals surface area contributed by atoms with Crippen LogP contribution in [-0.2, 0) is 40.1 Å². The van der Waals surface area contributed by atoms with Crippen molar-refractivity contribution in [3.8, 4) is 23.0 Å². The monoisotopic (exact) mass is 898 g/mol. The number of hydrogen-bond acceptors (Lipinski definition) is 8. The number of fused-ring (bicyclic) bond motifs is 1. The summed E-state index contributed by atoms with van der Waals surface area (Å²) in [7, 11) is 1.69. The molecule has 4 aromatic carbocycles. The molecule has 1 N–H and O–H groups in total. The molecular weight excluding hydrogens is 843 g/mol. The quantitative estimate of drug-likeness (QED) is 0.0557. The molecule has 0 radical (unpaired) electrons. The second-order valence-corrected chi connectivity index (χ2v) is 18.3. The minimum atomic E-state index is -1.02. The summed E-state index contributed by atoms with van der Waals surface area (Å²) in [4.78, 5) is 43.5. The molecule has 0 aromatic heterocycles. The Kier molecular flexibility index (Phi) is 14.3. The van der Waals surface area contributed by atoms with Crippen molar-refractivity contribution in [3.05, 3.63) is 116 Å². The van der Waals surface area contributed by atoms with Gasteiger partial charge in [-0.2, -0.15) is 0 Å². The molecule has 3 aliphatic carbocycles. The SMILES string of the molecule is COCCCc1cc(CN(C(=O)[C@H]2CN(C(=O)O)CC[C@@H]2c2ccc(OCCOc3c(Cl)cc(C)cc3Cl)cc2)C2CC2)cc(OC[C@@H]2C[C@H]2C(=O)Oc2ccc3c(c2)CCC3)c1. The first kappa shape index (κ1) is 44.6. The third kappa shape index (κ3) is 11.4. The van der Waals surface area contributed by atoms with Crippen LogP contribution in [0.15, 0.2) is 72.8 Å². The Labute approximate surface area is 379 Å². The standard InChI is InChI=1S/C50H56Cl2N2O9/c1-31-21-45(51)47(46(52)22-31)61-20-19-60-39-13-9-35(10-14-39)42-16-17-53(50(57)58)29-44(42)48(55)54(38-11-12-38)28-33-23-32(5-4-18-59-2)24-41(25-33)62-30-37-27-43(37)49(56)63-40-15-8-34-6-3-7-36(34)26-40/h8-10,13-15,21-26,37-38,42-44H,3-7,11-12,16-20,27-30H2,1-2H3,(H,57,58)/t37-,42+,43+,44-/m0/s1. The van der Waals surface area contributed by atoms with Crippen molar-refractivity contribution >= 4 is 41.2 Å². The van der Waals surface area contributed by atoms with Crippen LogP contribution >= 0.6 is 23.2 Å². The molecule has 1 aliphatic heterocycles. The number of piperidine rings is 1. The first-order valence-corrected chi connectivity index (χ1v) is 23.0. The van der Waals surface area contributed by atoms with Crippen LogP contribution in [0.3, 0.4) is 0 Å². The number of methoxy groups -OCH3 is 1. The molecule has 13 heteroatoms. The minimum absolute atomic E-state index is 0.0469. The van der Waals surface area contributed by atoms with Crippen LogP contribution in [-0.4, -0.2) is 85.5 Å². The Morgan fingerprint density at radius 3 is 2.27 bits per heavy atom. The summed E-state index contributed by atoms with van der Waals surface area (Å²) in [5.41, 5.74) is 6.54. The number of benzene rings is 4. The summed E-state index contributed by atoms with van der Waals surface area (Å²) in [5.74, 6) is 1.23. The van der Waals surface area contributed by atoms with Crippen molar-refractivity contribution in [1.29, 1.82) is 0 Å². The van der Waals surface area contributed by atoms with E-state index in [0.717, 1.165) is 67.2 Å². The van der Waals surface area contributed by atoms with Gasteiger partial charge in [-0.1, -0.05) is 47.5 Å². The number of nitrogens with zero attached hydrogens (tertiary/aromatic N) is 2. The zero-order valence-electron chi connectivity index (χ0n) is 36.0. The Morgan fingerprint density at radius 1 is 0.794 bits per heavy atom. The van der Waals surface area contributed by atoms with E-state index in [1.807, 2.05) is 60.4 Å².